The third-order valence-electron chi connectivity index (χ3n) is 8.32. The minimum Gasteiger partial charge on any atom is -0.393 e. The third-order valence-corrected chi connectivity index (χ3v) is 8.32. The second kappa shape index (κ2) is 5.14. The van der Waals surface area contributed by atoms with Crippen molar-refractivity contribution in [2.75, 3.05) is 0 Å². The van der Waals surface area contributed by atoms with Gasteiger partial charge in [0, 0.05) is 16.7 Å². The van der Waals surface area contributed by atoms with Crippen LogP contribution in [0.15, 0.2) is 23.3 Å². The molecule has 3 fully saturated rings. The number of hydrogen-bond donors (Lipinski definition) is 2. The van der Waals surface area contributed by atoms with Gasteiger partial charge in [-0.1, -0.05) is 25.5 Å². The van der Waals surface area contributed by atoms with E-state index in [1.54, 1.807) is 6.08 Å². The van der Waals surface area contributed by atoms with E-state index in [9.17, 15) is 19.8 Å². The number of aldehydes is 1. The van der Waals surface area contributed by atoms with E-state index in [-0.39, 0.29) is 22.7 Å². The van der Waals surface area contributed by atoms with Crippen LogP contribution in [0.1, 0.15) is 52.9 Å². The van der Waals surface area contributed by atoms with Gasteiger partial charge in [0.1, 0.15) is 0 Å². The summed E-state index contributed by atoms with van der Waals surface area (Å²) < 4.78 is 0. The molecule has 0 radical (unpaired) electrons. The number of carbonyl (C=O) groups is 2. The van der Waals surface area contributed by atoms with Crippen LogP contribution in [0.25, 0.3) is 0 Å². The molecule has 3 saturated carbocycles. The topological polar surface area (TPSA) is 74.6 Å². The van der Waals surface area contributed by atoms with Crippen LogP contribution in [0.5, 0.6) is 0 Å². The maximum Gasteiger partial charge on any atom is 0.188 e. The van der Waals surface area contributed by atoms with Gasteiger partial charge < -0.3 is 10.2 Å². The molecule has 0 aliphatic heterocycles. The Morgan fingerprint density at radius 1 is 1.24 bits per heavy atom. The van der Waals surface area contributed by atoms with Crippen molar-refractivity contribution in [3.63, 3.8) is 0 Å². The number of ketones is 1. The molecule has 7 atom stereocenters. The monoisotopic (exact) mass is 344 g/mol. The van der Waals surface area contributed by atoms with Gasteiger partial charge >= 0.3 is 0 Å². The molecule has 0 heterocycles. The molecule has 25 heavy (non-hydrogen) atoms. The average Bonchev–Trinajstić information content (AvgIpc) is 2.76. The Kier molecular flexibility index (Phi) is 3.53. The van der Waals surface area contributed by atoms with Crippen LogP contribution in [0.3, 0.4) is 0 Å². The Bertz CT molecular complexity index is 703. The molecule has 4 aliphatic carbocycles. The normalized spacial score (nSPS) is 51.8. The molecule has 2 N–H and O–H groups in total. The van der Waals surface area contributed by atoms with Crippen LogP contribution in [-0.2, 0) is 9.59 Å². The largest absolute Gasteiger partial charge is 0.393 e. The number of aliphatic hydroxyl groups is 2. The number of carbonyl (C=O) groups excluding carboxylic acids is 2. The summed E-state index contributed by atoms with van der Waals surface area (Å²) in [5, 5.41) is 22.1. The van der Waals surface area contributed by atoms with Crippen molar-refractivity contribution < 1.29 is 19.8 Å². The van der Waals surface area contributed by atoms with Crippen molar-refractivity contribution in [1.82, 2.24) is 0 Å². The molecule has 4 rings (SSSR count). The van der Waals surface area contributed by atoms with Gasteiger partial charge in [-0.2, -0.15) is 0 Å². The second-order valence-corrected chi connectivity index (χ2v) is 9.37. The quantitative estimate of drug-likeness (QED) is 0.566. The smallest absolute Gasteiger partial charge is 0.188 e. The molecule has 0 saturated heterocycles. The first-order valence-corrected chi connectivity index (χ1v) is 9.48. The summed E-state index contributed by atoms with van der Waals surface area (Å²) in [5.74, 6) is 0.476. The fraction of sp³-hybridized carbons (Fsp3) is 0.714. The number of rotatable bonds is 1. The van der Waals surface area contributed by atoms with Crippen molar-refractivity contribution in [2.45, 2.75) is 64.6 Å². The first kappa shape index (κ1) is 17.2. The summed E-state index contributed by atoms with van der Waals surface area (Å²) in [4.78, 5) is 23.4. The highest BCUT2D eigenvalue weighted by Gasteiger charge is 2.64. The molecule has 0 aromatic rings. The minimum atomic E-state index is -0.743. The predicted molar refractivity (Wildman–Crippen MR) is 93.6 cm³/mol. The zero-order valence-electron chi connectivity index (χ0n) is 15.3. The van der Waals surface area contributed by atoms with Crippen molar-refractivity contribution >= 4 is 12.1 Å². The Morgan fingerprint density at radius 3 is 2.64 bits per heavy atom. The highest BCUT2D eigenvalue weighted by molar-refractivity contribution is 6.18. The van der Waals surface area contributed by atoms with E-state index in [1.807, 2.05) is 13.0 Å². The molecule has 4 aliphatic rings. The van der Waals surface area contributed by atoms with Crippen LogP contribution in [0, 0.1) is 28.6 Å². The van der Waals surface area contributed by atoms with E-state index in [2.05, 4.69) is 13.8 Å². The van der Waals surface area contributed by atoms with E-state index in [0.717, 1.165) is 31.3 Å². The van der Waals surface area contributed by atoms with Crippen molar-refractivity contribution in [2.24, 2.45) is 28.6 Å². The van der Waals surface area contributed by atoms with Gasteiger partial charge in [0.15, 0.2) is 12.1 Å². The summed E-state index contributed by atoms with van der Waals surface area (Å²) in [5.41, 5.74) is -0.190. The molecule has 0 unspecified atom stereocenters. The lowest BCUT2D eigenvalue weighted by atomic mass is 9.46. The number of allylic oxidation sites excluding steroid dienone is 4. The Hall–Kier alpha value is -1.26. The molecule has 0 amide bonds. The molecule has 4 heteroatoms. The van der Waals surface area contributed by atoms with Crippen LogP contribution in [0.4, 0.5) is 0 Å². The van der Waals surface area contributed by atoms with Gasteiger partial charge in [-0.25, -0.2) is 0 Å². The first-order valence-electron chi connectivity index (χ1n) is 9.48. The summed E-state index contributed by atoms with van der Waals surface area (Å²) in [7, 11) is 0. The molecule has 136 valence electrons. The fourth-order valence-electron chi connectivity index (χ4n) is 6.77. The number of fused-ring (bicyclic) bond motifs is 5. The average molecular weight is 344 g/mol. The fourth-order valence-corrected chi connectivity index (χ4v) is 6.77. The van der Waals surface area contributed by atoms with Crippen LogP contribution < -0.4 is 0 Å². The molecule has 0 aromatic heterocycles. The number of aliphatic hydroxyl groups excluding tert-OH is 1. The van der Waals surface area contributed by atoms with E-state index in [4.69, 9.17) is 0 Å². The summed E-state index contributed by atoms with van der Waals surface area (Å²) in [6.07, 6.45) is 7.65. The van der Waals surface area contributed by atoms with Gasteiger partial charge in [-0.3, -0.25) is 9.59 Å². The number of hydrogen-bond acceptors (Lipinski definition) is 4. The van der Waals surface area contributed by atoms with Crippen LogP contribution >= 0.6 is 0 Å². The lowest BCUT2D eigenvalue weighted by Crippen LogP contribution is -2.58. The summed E-state index contributed by atoms with van der Waals surface area (Å²) >= 11 is 0. The molecule has 4 nitrogen and oxygen atoms in total. The van der Waals surface area contributed by atoms with Crippen molar-refractivity contribution in [3.8, 4) is 0 Å². The van der Waals surface area contributed by atoms with Gasteiger partial charge in [0.25, 0.3) is 0 Å². The highest BCUT2D eigenvalue weighted by atomic mass is 16.3. The highest BCUT2D eigenvalue weighted by Crippen LogP contribution is 2.66. The predicted octanol–water partition coefficient (Wildman–Crippen LogP) is 2.59. The molecular formula is C21H28O4. The summed E-state index contributed by atoms with van der Waals surface area (Å²) in [6, 6.07) is 0. The Labute approximate surface area is 149 Å². The second-order valence-electron chi connectivity index (χ2n) is 9.37. The maximum absolute atomic E-state index is 12.1. The van der Waals surface area contributed by atoms with Crippen LogP contribution in [0.2, 0.25) is 0 Å². The van der Waals surface area contributed by atoms with E-state index in [0.29, 0.717) is 24.5 Å². The van der Waals surface area contributed by atoms with Crippen LogP contribution in [-0.4, -0.2) is 34.0 Å². The standard InChI is InChI=1S/C21H28O4/c1-19-9-12(11-22)16(23)8-13(19)4-5-14-15-6-7-21(3,25)20(15,2)10-17(24)18(14)19/h8-9,11,14-15,17-18,24-25H,4-7,10H2,1-3H3/t14-,15-,17-,18+,19+,20+,21+/m1/s1. The van der Waals surface area contributed by atoms with Crippen molar-refractivity contribution in [1.29, 1.82) is 0 Å². The Morgan fingerprint density at radius 2 is 1.96 bits per heavy atom. The lowest BCUT2D eigenvalue weighted by Gasteiger charge is -2.59. The third kappa shape index (κ3) is 2.07. The lowest BCUT2D eigenvalue weighted by molar-refractivity contribution is -0.158. The van der Waals surface area contributed by atoms with E-state index in [1.165, 1.54) is 0 Å². The van der Waals surface area contributed by atoms with Gasteiger partial charge in [-0.05, 0) is 56.9 Å². The zero-order chi connectivity index (χ0) is 18.2. The van der Waals surface area contributed by atoms with Gasteiger partial charge in [0.05, 0.1) is 17.3 Å². The molecule has 0 bridgehead atoms. The molecule has 0 spiro atoms. The maximum atomic E-state index is 12.1. The summed E-state index contributed by atoms with van der Waals surface area (Å²) in [6.45, 7) is 6.12. The SMILES string of the molecule is C[C@]12C=C(C=O)C(=O)C=C1CC[C@H]1[C@H]2[C@H](O)C[C@@]2(C)[C@@H]1CC[C@]2(C)O. The molecule has 0 aromatic carbocycles. The first-order chi connectivity index (χ1) is 11.6. The minimum absolute atomic E-state index is 0.00234. The van der Waals surface area contributed by atoms with E-state index >= 15 is 0 Å². The van der Waals surface area contributed by atoms with Gasteiger partial charge in [0.2, 0.25) is 0 Å². The van der Waals surface area contributed by atoms with E-state index < -0.39 is 17.1 Å². The van der Waals surface area contributed by atoms with Gasteiger partial charge in [-0.15, -0.1) is 0 Å². The van der Waals surface area contributed by atoms with Crippen molar-refractivity contribution in [3.05, 3.63) is 23.3 Å². The molecular weight excluding hydrogens is 316 g/mol. The Balaban J connectivity index is 1.79. The zero-order valence-corrected chi connectivity index (χ0v) is 15.3.